The third-order valence-corrected chi connectivity index (χ3v) is 6.96. The molecule has 8 nitrogen and oxygen atoms in total. The van der Waals surface area contributed by atoms with Gasteiger partial charge in [0, 0.05) is 28.9 Å². The molecule has 5 aromatic heterocycles. The second-order valence-corrected chi connectivity index (χ2v) is 9.48. The van der Waals surface area contributed by atoms with Crippen LogP contribution in [0.15, 0.2) is 73.3 Å². The number of nitrogens with zero attached hydrogens (tertiary/aromatic N) is 4. The van der Waals surface area contributed by atoms with Crippen LogP contribution in [-0.4, -0.2) is 49.3 Å². The summed E-state index contributed by atoms with van der Waals surface area (Å²) in [6.45, 7) is 1.93. The molecule has 188 valence electrons. The van der Waals surface area contributed by atoms with Crippen molar-refractivity contribution in [3.63, 3.8) is 0 Å². The summed E-state index contributed by atoms with van der Waals surface area (Å²) >= 11 is 0. The summed E-state index contributed by atoms with van der Waals surface area (Å²) in [5.74, 6) is 0.479. The van der Waals surface area contributed by atoms with Gasteiger partial charge < -0.3 is 15.0 Å². The fraction of sp³-hybridized carbons (Fsp3) is 0.172. The summed E-state index contributed by atoms with van der Waals surface area (Å²) < 4.78 is 19.7. The summed E-state index contributed by atoms with van der Waals surface area (Å²) in [5, 5.41) is 12.0. The summed E-state index contributed by atoms with van der Waals surface area (Å²) in [6.07, 6.45) is 9.28. The van der Waals surface area contributed by atoms with Crippen molar-refractivity contribution < 1.29 is 9.13 Å². The Kier molecular flexibility index (Phi) is 5.55. The topological polar surface area (TPSA) is 104 Å². The summed E-state index contributed by atoms with van der Waals surface area (Å²) in [6, 6.07) is 14.4. The van der Waals surface area contributed by atoms with Gasteiger partial charge in [-0.05, 0) is 67.9 Å². The fourth-order valence-corrected chi connectivity index (χ4v) is 5.01. The molecule has 0 unspecified atom stereocenters. The number of rotatable bonds is 5. The van der Waals surface area contributed by atoms with Gasteiger partial charge in [-0.25, -0.2) is 9.37 Å². The molecule has 0 bridgehead atoms. The first-order chi connectivity index (χ1) is 18.7. The lowest BCUT2D eigenvalue weighted by Crippen LogP contribution is -2.34. The van der Waals surface area contributed by atoms with Gasteiger partial charge in [-0.3, -0.25) is 15.1 Å². The third kappa shape index (κ3) is 4.16. The zero-order valence-electron chi connectivity index (χ0n) is 20.4. The van der Waals surface area contributed by atoms with Gasteiger partial charge in [-0.1, -0.05) is 12.1 Å². The van der Waals surface area contributed by atoms with Crippen molar-refractivity contribution in [2.45, 2.75) is 18.9 Å². The number of benzene rings is 1. The molecule has 1 fully saturated rings. The van der Waals surface area contributed by atoms with E-state index in [2.05, 4.69) is 30.5 Å². The maximum absolute atomic E-state index is 13.5. The van der Waals surface area contributed by atoms with Crippen LogP contribution in [-0.2, 0) is 0 Å². The van der Waals surface area contributed by atoms with Gasteiger partial charge >= 0.3 is 0 Å². The first-order valence-electron chi connectivity index (χ1n) is 12.6. The van der Waals surface area contributed by atoms with Gasteiger partial charge in [0.2, 0.25) is 0 Å². The van der Waals surface area contributed by atoms with Gasteiger partial charge in [0.05, 0.1) is 34.8 Å². The summed E-state index contributed by atoms with van der Waals surface area (Å²) in [5.41, 5.74) is 7.42. The van der Waals surface area contributed by atoms with Crippen LogP contribution < -0.4 is 10.1 Å². The molecule has 0 spiro atoms. The van der Waals surface area contributed by atoms with Gasteiger partial charge in [-0.15, -0.1) is 0 Å². The van der Waals surface area contributed by atoms with Crippen LogP contribution in [0.3, 0.4) is 0 Å². The van der Waals surface area contributed by atoms with Crippen LogP contribution in [0.4, 0.5) is 4.39 Å². The predicted molar refractivity (Wildman–Crippen MR) is 144 cm³/mol. The zero-order chi connectivity index (χ0) is 25.5. The highest BCUT2D eigenvalue weighted by Crippen LogP contribution is 2.34. The average molecular weight is 506 g/mol. The maximum atomic E-state index is 13.5. The van der Waals surface area contributed by atoms with Crippen LogP contribution in [0.25, 0.3) is 55.7 Å². The number of nitrogens with one attached hydrogen (secondary N) is 3. The Labute approximate surface area is 217 Å². The zero-order valence-corrected chi connectivity index (χ0v) is 20.4. The molecule has 1 aliphatic rings. The molecular formula is C29H24FN7O. The number of aromatic nitrogens is 6. The molecule has 3 N–H and O–H groups in total. The molecule has 1 saturated heterocycles. The van der Waals surface area contributed by atoms with E-state index in [1.165, 1.54) is 12.1 Å². The van der Waals surface area contributed by atoms with E-state index >= 15 is 0 Å². The highest BCUT2D eigenvalue weighted by atomic mass is 19.1. The van der Waals surface area contributed by atoms with E-state index in [9.17, 15) is 4.39 Å². The van der Waals surface area contributed by atoms with E-state index in [0.717, 1.165) is 81.7 Å². The Morgan fingerprint density at radius 2 is 1.68 bits per heavy atom. The van der Waals surface area contributed by atoms with Crippen molar-refractivity contribution >= 4 is 21.9 Å². The number of hydrogen-bond donors (Lipinski definition) is 3. The first-order valence-corrected chi connectivity index (χ1v) is 12.6. The fourth-order valence-electron chi connectivity index (χ4n) is 5.01. The number of pyridine rings is 3. The Hall–Kier alpha value is -4.63. The number of fused-ring (bicyclic) bond motifs is 2. The highest BCUT2D eigenvalue weighted by molar-refractivity contribution is 6.00. The Balaban J connectivity index is 1.25. The Bertz CT molecular complexity index is 1750. The standard InChI is InChI=1S/C29H24FN7O/c30-19-3-1-17(2-4-19)23-15-33-16-27-22(23)12-26(34-27)29-28-25(36-37-29)6-5-24(35-28)18-11-21(14-32-13-18)38-20-7-9-31-10-8-20/h1-6,11-16,20,31,34H,7-10H2,(H,36,37). The molecule has 7 rings (SSSR count). The molecule has 6 heterocycles. The molecule has 0 amide bonds. The van der Waals surface area contributed by atoms with E-state index in [1.807, 2.05) is 24.3 Å². The second kappa shape index (κ2) is 9.35. The van der Waals surface area contributed by atoms with Crippen LogP contribution in [0, 0.1) is 5.82 Å². The highest BCUT2D eigenvalue weighted by Gasteiger charge is 2.17. The Morgan fingerprint density at radius 3 is 2.55 bits per heavy atom. The lowest BCUT2D eigenvalue weighted by molar-refractivity contribution is 0.162. The molecule has 38 heavy (non-hydrogen) atoms. The van der Waals surface area contributed by atoms with Crippen molar-refractivity contribution in [2.75, 3.05) is 13.1 Å². The van der Waals surface area contributed by atoms with Crippen molar-refractivity contribution in [1.82, 2.24) is 35.5 Å². The minimum Gasteiger partial charge on any atom is -0.489 e. The Morgan fingerprint density at radius 1 is 0.842 bits per heavy atom. The number of piperidine rings is 1. The second-order valence-electron chi connectivity index (χ2n) is 9.48. The van der Waals surface area contributed by atoms with E-state index in [1.54, 1.807) is 36.9 Å². The number of aromatic amines is 2. The van der Waals surface area contributed by atoms with Crippen LogP contribution in [0.1, 0.15) is 12.8 Å². The molecule has 6 aromatic rings. The van der Waals surface area contributed by atoms with E-state index in [-0.39, 0.29) is 11.9 Å². The molecule has 0 atom stereocenters. The maximum Gasteiger partial charge on any atom is 0.138 e. The minimum atomic E-state index is -0.271. The number of ether oxygens (including phenoxy) is 1. The van der Waals surface area contributed by atoms with E-state index in [0.29, 0.717) is 5.69 Å². The quantitative estimate of drug-likeness (QED) is 0.286. The molecule has 1 aromatic carbocycles. The molecule has 9 heteroatoms. The van der Waals surface area contributed by atoms with Crippen LogP contribution in [0.5, 0.6) is 5.75 Å². The number of H-pyrrole nitrogens is 2. The van der Waals surface area contributed by atoms with Crippen LogP contribution >= 0.6 is 0 Å². The first kappa shape index (κ1) is 22.6. The van der Waals surface area contributed by atoms with Gasteiger partial charge in [0.25, 0.3) is 0 Å². The molecule has 0 saturated carbocycles. The van der Waals surface area contributed by atoms with Gasteiger partial charge in [0.15, 0.2) is 0 Å². The number of halogens is 1. The smallest absolute Gasteiger partial charge is 0.138 e. The van der Waals surface area contributed by atoms with Crippen molar-refractivity contribution in [1.29, 1.82) is 0 Å². The van der Waals surface area contributed by atoms with Gasteiger partial charge in [0.1, 0.15) is 28.9 Å². The van der Waals surface area contributed by atoms with E-state index < -0.39 is 0 Å². The van der Waals surface area contributed by atoms with E-state index in [4.69, 9.17) is 9.72 Å². The SMILES string of the molecule is Fc1ccc(-c2cncc3[nH]c(-c4n[nH]c5ccc(-c6cncc(OC7CCNCC7)c6)nc45)cc23)cc1. The summed E-state index contributed by atoms with van der Waals surface area (Å²) in [7, 11) is 0. The molecule has 0 radical (unpaired) electrons. The molecule has 1 aliphatic heterocycles. The largest absolute Gasteiger partial charge is 0.489 e. The third-order valence-electron chi connectivity index (χ3n) is 6.96. The van der Waals surface area contributed by atoms with Crippen molar-refractivity contribution in [3.05, 3.63) is 79.1 Å². The van der Waals surface area contributed by atoms with Crippen molar-refractivity contribution in [3.8, 4) is 39.5 Å². The van der Waals surface area contributed by atoms with Crippen LogP contribution in [0.2, 0.25) is 0 Å². The minimum absolute atomic E-state index is 0.195. The van der Waals surface area contributed by atoms with Gasteiger partial charge in [-0.2, -0.15) is 5.10 Å². The number of hydrogen-bond acceptors (Lipinski definition) is 6. The van der Waals surface area contributed by atoms with Crippen molar-refractivity contribution in [2.24, 2.45) is 0 Å². The normalized spacial score (nSPS) is 14.3. The predicted octanol–water partition coefficient (Wildman–Crippen LogP) is 5.50. The molecule has 0 aliphatic carbocycles. The molecular weight excluding hydrogens is 481 g/mol. The lowest BCUT2D eigenvalue weighted by Gasteiger charge is -2.23. The monoisotopic (exact) mass is 505 g/mol. The lowest BCUT2D eigenvalue weighted by atomic mass is 10.0. The summed E-state index contributed by atoms with van der Waals surface area (Å²) in [4.78, 5) is 17.2. The average Bonchev–Trinajstić information content (AvgIpc) is 3.58.